The second-order valence-corrected chi connectivity index (χ2v) is 5.76. The van der Waals surface area contributed by atoms with Crippen molar-refractivity contribution < 1.29 is 15.3 Å². The second kappa shape index (κ2) is 6.85. The molecule has 2 aromatic rings. The lowest BCUT2D eigenvalue weighted by atomic mass is 10.1. The molecule has 122 valence electrons. The van der Waals surface area contributed by atoms with Gasteiger partial charge in [0.2, 0.25) is 5.91 Å². The number of aromatic amines is 1. The van der Waals surface area contributed by atoms with Crippen molar-refractivity contribution in [1.29, 1.82) is 0 Å². The van der Waals surface area contributed by atoms with Gasteiger partial charge in [-0.05, 0) is 26.0 Å². The van der Waals surface area contributed by atoms with Gasteiger partial charge in [-0.1, -0.05) is 11.6 Å². The number of pyridine rings is 1. The van der Waals surface area contributed by atoms with Crippen LogP contribution in [0.3, 0.4) is 0 Å². The van der Waals surface area contributed by atoms with Gasteiger partial charge in [0.05, 0.1) is 18.7 Å². The van der Waals surface area contributed by atoms with E-state index in [9.17, 15) is 9.59 Å². The van der Waals surface area contributed by atoms with Crippen molar-refractivity contribution in [3.8, 4) is 5.75 Å². The number of hydrogen-bond acceptors (Lipinski definition) is 3. The molecule has 0 aliphatic carbocycles. The molecule has 0 saturated carbocycles. The van der Waals surface area contributed by atoms with Crippen LogP contribution in [-0.4, -0.2) is 24.0 Å². The number of carbonyl (C=O) groups excluding carboxylic acids is 1. The Bertz CT molecular complexity index is 840. The van der Waals surface area contributed by atoms with E-state index in [4.69, 9.17) is 16.3 Å². The van der Waals surface area contributed by atoms with Gasteiger partial charge in [-0.15, -0.1) is 0 Å². The quantitative estimate of drug-likeness (QED) is 0.734. The van der Waals surface area contributed by atoms with Gasteiger partial charge in [0.15, 0.2) is 11.1 Å². The van der Waals surface area contributed by atoms with Crippen LogP contribution < -0.4 is 21.2 Å². The number of carbonyl (C=O) groups is 1. The predicted octanol–water partition coefficient (Wildman–Crippen LogP) is 1.30. The van der Waals surface area contributed by atoms with E-state index in [0.717, 1.165) is 0 Å². The average molecular weight is 337 g/mol. The maximum absolute atomic E-state index is 12.2. The Hall–Kier alpha value is -2.31. The fourth-order valence-corrected chi connectivity index (χ4v) is 2.45. The summed E-state index contributed by atoms with van der Waals surface area (Å²) in [5, 5.41) is 3.48. The van der Waals surface area contributed by atoms with Crippen LogP contribution in [0.5, 0.6) is 5.75 Å². The van der Waals surface area contributed by atoms with Crippen molar-refractivity contribution in [3.05, 3.63) is 45.2 Å². The lowest BCUT2D eigenvalue weighted by Gasteiger charge is -2.08. The summed E-state index contributed by atoms with van der Waals surface area (Å²) in [6.45, 7) is 3.72. The van der Waals surface area contributed by atoms with Gasteiger partial charge in [-0.25, -0.2) is 0 Å². The number of rotatable bonds is 4. The zero-order chi connectivity index (χ0) is 17.1. The first-order valence-corrected chi connectivity index (χ1v) is 7.45. The number of aromatic nitrogens is 1. The molecule has 1 amide bonds. The van der Waals surface area contributed by atoms with Gasteiger partial charge in [-0.2, -0.15) is 0 Å². The highest BCUT2D eigenvalue weighted by molar-refractivity contribution is 6.36. The maximum atomic E-state index is 12.2. The third-order valence-electron chi connectivity index (χ3n) is 3.21. The Balaban J connectivity index is 2.54. The molecule has 1 aromatic heterocycles. The number of quaternary nitrogens is 1. The normalized spacial score (nSPS) is 11.8. The SMILES string of the molecule is COc1ccc2c(=O)cc(C([NH3+])=CC(=O)NC(C)C)[nH]c2c1Cl. The number of halogens is 1. The number of amides is 1. The lowest BCUT2D eigenvalue weighted by Crippen LogP contribution is -2.47. The highest BCUT2D eigenvalue weighted by atomic mass is 35.5. The number of nitrogens with one attached hydrogen (secondary N) is 2. The van der Waals surface area contributed by atoms with Gasteiger partial charge >= 0.3 is 0 Å². The monoisotopic (exact) mass is 336 g/mol. The molecule has 0 unspecified atom stereocenters. The molecule has 23 heavy (non-hydrogen) atoms. The minimum atomic E-state index is -0.275. The summed E-state index contributed by atoms with van der Waals surface area (Å²) in [6, 6.07) is 4.69. The minimum absolute atomic E-state index is 0.0147. The molecule has 0 aliphatic heterocycles. The van der Waals surface area contributed by atoms with Gasteiger partial charge in [0, 0.05) is 17.5 Å². The van der Waals surface area contributed by atoms with Gasteiger partial charge in [0.1, 0.15) is 16.5 Å². The third kappa shape index (κ3) is 3.72. The highest BCUT2D eigenvalue weighted by Gasteiger charge is 2.13. The van der Waals surface area contributed by atoms with Crippen LogP contribution in [0.4, 0.5) is 0 Å². The smallest absolute Gasteiger partial charge is 0.250 e. The molecule has 0 spiro atoms. The molecule has 0 fully saturated rings. The Morgan fingerprint density at radius 2 is 2.13 bits per heavy atom. The van der Waals surface area contributed by atoms with E-state index >= 15 is 0 Å². The molecule has 0 saturated heterocycles. The van der Waals surface area contributed by atoms with Gasteiger partial charge in [-0.3, -0.25) is 9.59 Å². The Kier molecular flexibility index (Phi) is 5.08. The molecule has 0 atom stereocenters. The molecule has 0 aliphatic rings. The van der Waals surface area contributed by atoms with Crippen molar-refractivity contribution in [1.82, 2.24) is 10.3 Å². The molecular weight excluding hydrogens is 318 g/mol. The van der Waals surface area contributed by atoms with Crippen molar-refractivity contribution in [2.75, 3.05) is 7.11 Å². The molecule has 2 rings (SSSR count). The number of hydrogen-bond donors (Lipinski definition) is 3. The Morgan fingerprint density at radius 1 is 1.43 bits per heavy atom. The summed E-state index contributed by atoms with van der Waals surface area (Å²) in [5.74, 6) is 0.182. The predicted molar refractivity (Wildman–Crippen MR) is 90.3 cm³/mol. The van der Waals surface area contributed by atoms with Crippen LogP contribution in [0.1, 0.15) is 19.5 Å². The van der Waals surface area contributed by atoms with Crippen molar-refractivity contribution >= 4 is 34.1 Å². The van der Waals surface area contributed by atoms with E-state index in [1.165, 1.54) is 19.3 Å². The number of H-pyrrole nitrogens is 1. The summed E-state index contributed by atoms with van der Waals surface area (Å²) < 4.78 is 5.15. The minimum Gasteiger partial charge on any atom is -0.495 e. The number of ether oxygens (including phenoxy) is 1. The van der Waals surface area contributed by atoms with Crippen molar-refractivity contribution in [2.45, 2.75) is 19.9 Å². The first-order chi connectivity index (χ1) is 10.8. The Labute approximate surface area is 138 Å². The van der Waals surface area contributed by atoms with Crippen molar-refractivity contribution in [3.63, 3.8) is 0 Å². The summed E-state index contributed by atoms with van der Waals surface area (Å²) in [6.07, 6.45) is 1.34. The fraction of sp³-hybridized carbons (Fsp3) is 0.250. The van der Waals surface area contributed by atoms with E-state index in [1.807, 2.05) is 13.8 Å². The molecule has 7 heteroatoms. The van der Waals surface area contributed by atoms with Crippen LogP contribution in [0.25, 0.3) is 16.6 Å². The van der Waals surface area contributed by atoms with E-state index in [2.05, 4.69) is 16.0 Å². The lowest BCUT2D eigenvalue weighted by molar-refractivity contribution is -0.244. The van der Waals surface area contributed by atoms with Crippen LogP contribution in [0.2, 0.25) is 5.02 Å². The summed E-state index contributed by atoms with van der Waals surface area (Å²) in [5.41, 5.74) is 4.89. The molecule has 0 bridgehead atoms. The third-order valence-corrected chi connectivity index (χ3v) is 3.58. The van der Waals surface area contributed by atoms with E-state index in [-0.39, 0.29) is 17.4 Å². The first-order valence-electron chi connectivity index (χ1n) is 7.07. The van der Waals surface area contributed by atoms with Crippen LogP contribution in [0.15, 0.2) is 29.1 Å². The Morgan fingerprint density at radius 3 is 2.74 bits per heavy atom. The van der Waals surface area contributed by atoms with E-state index < -0.39 is 0 Å². The van der Waals surface area contributed by atoms with Crippen LogP contribution in [-0.2, 0) is 4.79 Å². The molecule has 5 N–H and O–H groups in total. The molecule has 1 heterocycles. The zero-order valence-electron chi connectivity index (χ0n) is 13.2. The molecule has 6 nitrogen and oxygen atoms in total. The second-order valence-electron chi connectivity index (χ2n) is 5.38. The fourth-order valence-electron chi connectivity index (χ4n) is 2.16. The van der Waals surface area contributed by atoms with E-state index in [0.29, 0.717) is 33.1 Å². The van der Waals surface area contributed by atoms with Crippen molar-refractivity contribution in [2.24, 2.45) is 0 Å². The topological polar surface area (TPSA) is 98.8 Å². The first kappa shape index (κ1) is 17.1. The molecule has 1 aromatic carbocycles. The molecule has 0 radical (unpaired) electrons. The summed E-state index contributed by atoms with van der Waals surface area (Å²) >= 11 is 6.25. The summed E-state index contributed by atoms with van der Waals surface area (Å²) in [7, 11) is 1.50. The van der Waals surface area contributed by atoms with E-state index in [1.54, 1.807) is 12.1 Å². The highest BCUT2D eigenvalue weighted by Crippen LogP contribution is 2.30. The van der Waals surface area contributed by atoms with Gasteiger partial charge < -0.3 is 20.8 Å². The molecular formula is C16H19ClN3O3+. The number of fused-ring (bicyclic) bond motifs is 1. The summed E-state index contributed by atoms with van der Waals surface area (Å²) in [4.78, 5) is 27.1. The van der Waals surface area contributed by atoms with Crippen LogP contribution >= 0.6 is 11.6 Å². The number of benzene rings is 1. The maximum Gasteiger partial charge on any atom is 0.250 e. The average Bonchev–Trinajstić information content (AvgIpc) is 2.47. The standard InChI is InChI=1S/C16H18ClN3O3/c1-8(2)19-14(22)6-10(18)11-7-12(21)9-4-5-13(23-3)15(17)16(9)20-11/h4-8H,18H2,1-3H3,(H,19,22)(H,20,21)/p+1. The largest absolute Gasteiger partial charge is 0.495 e. The van der Waals surface area contributed by atoms with Crippen LogP contribution in [0, 0.1) is 0 Å². The zero-order valence-corrected chi connectivity index (χ0v) is 14.0. The number of methoxy groups -OCH3 is 1. The van der Waals surface area contributed by atoms with Gasteiger partial charge in [0.25, 0.3) is 0 Å².